The molecule has 1 unspecified atom stereocenters. The molecule has 21 heavy (non-hydrogen) atoms. The molecule has 0 spiro atoms. The van der Waals surface area contributed by atoms with Crippen LogP contribution in [-0.2, 0) is 4.79 Å². The molecule has 1 N–H and O–H groups in total. The Hall–Kier alpha value is -1.34. The Kier molecular flexibility index (Phi) is 5.41. The number of amides is 2. The van der Waals surface area contributed by atoms with Crippen LogP contribution in [0.2, 0.25) is 0 Å². The summed E-state index contributed by atoms with van der Waals surface area (Å²) >= 11 is 0. The monoisotopic (exact) mass is 298 g/mol. The van der Waals surface area contributed by atoms with Crippen molar-refractivity contribution in [3.8, 4) is 0 Å². The van der Waals surface area contributed by atoms with E-state index in [9.17, 15) is 9.59 Å². The first-order valence-corrected chi connectivity index (χ1v) is 7.65. The molecule has 2 aliphatic rings. The summed E-state index contributed by atoms with van der Waals surface area (Å²) in [5, 5.41) is 8.70. The fraction of sp³-hybridized carbons (Fsp3) is 0.857. The zero-order valence-corrected chi connectivity index (χ0v) is 13.0. The number of carboxylic acids is 1. The highest BCUT2D eigenvalue weighted by Gasteiger charge is 2.29. The Morgan fingerprint density at radius 3 is 2.24 bits per heavy atom. The van der Waals surface area contributed by atoms with Gasteiger partial charge in [0.25, 0.3) is 0 Å². The number of piperazine rings is 2. The molecule has 0 saturated carbocycles. The third-order valence-corrected chi connectivity index (χ3v) is 4.51. The number of aliphatic carboxylic acids is 1. The Labute approximate surface area is 126 Å². The highest BCUT2D eigenvalue weighted by atomic mass is 16.4. The number of carbonyl (C=O) groups is 2. The largest absolute Gasteiger partial charge is 0.481 e. The predicted octanol–water partition coefficient (Wildman–Crippen LogP) is -0.165. The third kappa shape index (κ3) is 4.31. The van der Waals surface area contributed by atoms with Gasteiger partial charge in [-0.3, -0.25) is 9.69 Å². The predicted molar refractivity (Wildman–Crippen MR) is 79.3 cm³/mol. The van der Waals surface area contributed by atoms with Gasteiger partial charge in [0.1, 0.15) is 0 Å². The van der Waals surface area contributed by atoms with Crippen molar-refractivity contribution in [2.24, 2.45) is 0 Å². The Morgan fingerprint density at radius 1 is 1.05 bits per heavy atom. The summed E-state index contributed by atoms with van der Waals surface area (Å²) in [6.45, 7) is 8.13. The molecule has 2 fully saturated rings. The van der Waals surface area contributed by atoms with Crippen LogP contribution < -0.4 is 0 Å². The van der Waals surface area contributed by atoms with E-state index in [1.165, 1.54) is 0 Å². The van der Waals surface area contributed by atoms with E-state index in [0.29, 0.717) is 25.7 Å². The molecule has 0 aromatic rings. The number of hydrogen-bond donors (Lipinski definition) is 1. The molecule has 0 radical (unpaired) electrons. The van der Waals surface area contributed by atoms with Gasteiger partial charge in [0.15, 0.2) is 0 Å². The molecule has 2 heterocycles. The van der Waals surface area contributed by atoms with Gasteiger partial charge in [-0.1, -0.05) is 0 Å². The molecule has 120 valence electrons. The number of hydrogen-bond acceptors (Lipinski definition) is 4. The lowest BCUT2D eigenvalue weighted by Gasteiger charge is -2.42. The first kappa shape index (κ1) is 16.0. The van der Waals surface area contributed by atoms with Crippen LogP contribution in [0.3, 0.4) is 0 Å². The third-order valence-electron chi connectivity index (χ3n) is 4.51. The number of nitrogens with zero attached hydrogens (tertiary/aromatic N) is 4. The molecule has 0 bridgehead atoms. The number of urea groups is 1. The second-order valence-electron chi connectivity index (χ2n) is 6.03. The summed E-state index contributed by atoms with van der Waals surface area (Å²) in [5.74, 6) is -0.764. The van der Waals surface area contributed by atoms with Crippen molar-refractivity contribution in [1.82, 2.24) is 19.6 Å². The maximum absolute atomic E-state index is 12.5. The Balaban J connectivity index is 1.76. The molecule has 1 atom stereocenters. The summed E-state index contributed by atoms with van der Waals surface area (Å²) in [4.78, 5) is 31.3. The van der Waals surface area contributed by atoms with E-state index >= 15 is 0 Å². The summed E-state index contributed by atoms with van der Waals surface area (Å²) in [5.41, 5.74) is 0. The molecule has 7 heteroatoms. The van der Waals surface area contributed by atoms with Gasteiger partial charge in [-0.05, 0) is 14.0 Å². The topological polar surface area (TPSA) is 67.3 Å². The van der Waals surface area contributed by atoms with Gasteiger partial charge in [-0.25, -0.2) is 4.79 Å². The minimum atomic E-state index is -0.764. The molecule has 0 aromatic carbocycles. The molecule has 0 aliphatic carbocycles. The van der Waals surface area contributed by atoms with E-state index in [2.05, 4.69) is 23.8 Å². The molecular weight excluding hydrogens is 272 g/mol. The van der Waals surface area contributed by atoms with Crippen LogP contribution in [0.4, 0.5) is 4.79 Å². The molecule has 2 rings (SSSR count). The van der Waals surface area contributed by atoms with Crippen LogP contribution in [0.25, 0.3) is 0 Å². The maximum atomic E-state index is 12.5. The average Bonchev–Trinajstić information content (AvgIpc) is 2.48. The van der Waals surface area contributed by atoms with Crippen molar-refractivity contribution in [2.45, 2.75) is 19.4 Å². The summed E-state index contributed by atoms with van der Waals surface area (Å²) in [6, 6.07) is 0.535. The fourth-order valence-electron chi connectivity index (χ4n) is 2.84. The van der Waals surface area contributed by atoms with Gasteiger partial charge in [-0.2, -0.15) is 0 Å². The zero-order valence-electron chi connectivity index (χ0n) is 13.0. The molecule has 2 aliphatic heterocycles. The fourth-order valence-corrected chi connectivity index (χ4v) is 2.84. The average molecular weight is 298 g/mol. The minimum Gasteiger partial charge on any atom is -0.481 e. The van der Waals surface area contributed by atoms with Gasteiger partial charge in [0.05, 0.1) is 6.42 Å². The van der Waals surface area contributed by atoms with Crippen molar-refractivity contribution in [2.75, 3.05) is 59.4 Å². The molecular formula is C14H26N4O3. The molecule has 7 nitrogen and oxygen atoms in total. The summed E-state index contributed by atoms with van der Waals surface area (Å²) < 4.78 is 0. The van der Waals surface area contributed by atoms with Crippen molar-refractivity contribution >= 4 is 12.0 Å². The first-order valence-electron chi connectivity index (χ1n) is 7.65. The summed E-state index contributed by atoms with van der Waals surface area (Å²) in [7, 11) is 2.09. The van der Waals surface area contributed by atoms with Gasteiger partial charge in [0.2, 0.25) is 0 Å². The minimum absolute atomic E-state index is 0.132. The van der Waals surface area contributed by atoms with E-state index in [0.717, 1.165) is 32.7 Å². The zero-order chi connectivity index (χ0) is 15.4. The van der Waals surface area contributed by atoms with E-state index in [-0.39, 0.29) is 12.5 Å². The van der Waals surface area contributed by atoms with E-state index in [4.69, 9.17) is 5.11 Å². The van der Waals surface area contributed by atoms with Crippen LogP contribution >= 0.6 is 0 Å². The van der Waals surface area contributed by atoms with Crippen molar-refractivity contribution < 1.29 is 14.7 Å². The van der Waals surface area contributed by atoms with Crippen LogP contribution in [-0.4, -0.2) is 102 Å². The summed E-state index contributed by atoms with van der Waals surface area (Å²) in [6.07, 6.45) is 0.171. The van der Waals surface area contributed by atoms with Crippen LogP contribution in [0.5, 0.6) is 0 Å². The quantitative estimate of drug-likeness (QED) is 0.784. The van der Waals surface area contributed by atoms with Crippen molar-refractivity contribution in [1.29, 1.82) is 0 Å². The van der Waals surface area contributed by atoms with E-state index in [1.807, 2.05) is 9.80 Å². The van der Waals surface area contributed by atoms with E-state index < -0.39 is 5.97 Å². The first-order chi connectivity index (χ1) is 9.97. The highest BCUT2D eigenvalue weighted by Crippen LogP contribution is 2.12. The van der Waals surface area contributed by atoms with Gasteiger partial charge >= 0.3 is 12.0 Å². The van der Waals surface area contributed by atoms with Crippen LogP contribution in [0.1, 0.15) is 13.3 Å². The number of carboxylic acid groups (broad SMARTS) is 1. The smallest absolute Gasteiger partial charge is 0.320 e. The van der Waals surface area contributed by atoms with Crippen molar-refractivity contribution in [3.05, 3.63) is 0 Å². The Morgan fingerprint density at radius 2 is 1.67 bits per heavy atom. The lowest BCUT2D eigenvalue weighted by atomic mass is 10.2. The molecule has 2 saturated heterocycles. The van der Waals surface area contributed by atoms with Gasteiger partial charge < -0.3 is 19.8 Å². The molecule has 2 amide bonds. The second kappa shape index (κ2) is 7.09. The molecule has 0 aromatic heterocycles. The Bertz CT molecular complexity index is 382. The standard InChI is InChI=1S/C14H26N4O3/c1-12-11-18(8-5-15(12)2)14(21)17-9-6-16(7-10-17)4-3-13(19)20/h12H,3-11H2,1-2H3,(H,19,20). The van der Waals surface area contributed by atoms with Crippen LogP contribution in [0, 0.1) is 0 Å². The van der Waals surface area contributed by atoms with Crippen LogP contribution in [0.15, 0.2) is 0 Å². The number of likely N-dealkylation sites (N-methyl/N-ethyl adjacent to an activating group) is 1. The van der Waals surface area contributed by atoms with E-state index in [1.54, 1.807) is 0 Å². The number of rotatable bonds is 3. The number of carbonyl (C=O) groups excluding carboxylic acids is 1. The maximum Gasteiger partial charge on any atom is 0.320 e. The SMILES string of the molecule is CC1CN(C(=O)N2CCN(CCC(=O)O)CC2)CCN1C. The normalized spacial score (nSPS) is 25.1. The lowest BCUT2D eigenvalue weighted by molar-refractivity contribution is -0.137. The highest BCUT2D eigenvalue weighted by molar-refractivity contribution is 5.74. The van der Waals surface area contributed by atoms with Gasteiger partial charge in [0, 0.05) is 58.4 Å². The lowest BCUT2D eigenvalue weighted by Crippen LogP contribution is -2.58. The van der Waals surface area contributed by atoms with Crippen molar-refractivity contribution in [3.63, 3.8) is 0 Å². The second-order valence-corrected chi connectivity index (χ2v) is 6.03. The van der Waals surface area contributed by atoms with Gasteiger partial charge in [-0.15, -0.1) is 0 Å².